The van der Waals surface area contributed by atoms with Crippen LogP contribution in [0.5, 0.6) is 0 Å². The minimum Gasteiger partial charge on any atom is -0.429 e. The van der Waals surface area contributed by atoms with Crippen LogP contribution in [-0.2, 0) is 14.3 Å². The first-order valence-electron chi connectivity index (χ1n) is 3.79. The molecule has 4 nitrogen and oxygen atoms in total. The largest absolute Gasteiger partial charge is 0.509 e. The lowest BCUT2D eigenvalue weighted by atomic mass is 10.2. The molecule has 1 unspecified atom stereocenters. The minimum absolute atomic E-state index is 0.633. The highest BCUT2D eigenvalue weighted by Gasteiger charge is 2.19. The maximum atomic E-state index is 10.9. The molecule has 4 heteroatoms. The summed E-state index contributed by atoms with van der Waals surface area (Å²) < 4.78 is 9.31. The topological polar surface area (TPSA) is 52.6 Å². The Morgan fingerprint density at radius 3 is 2.38 bits per heavy atom. The number of carbonyl (C=O) groups excluding carboxylic acids is 2. The molecule has 0 aliphatic heterocycles. The van der Waals surface area contributed by atoms with E-state index in [4.69, 9.17) is 4.74 Å². The van der Waals surface area contributed by atoms with Gasteiger partial charge in [0.25, 0.3) is 0 Å². The van der Waals surface area contributed by atoms with Gasteiger partial charge in [-0.2, -0.15) is 0 Å². The van der Waals surface area contributed by atoms with Crippen molar-refractivity contribution in [1.82, 2.24) is 0 Å². The van der Waals surface area contributed by atoms with Crippen molar-refractivity contribution < 1.29 is 19.1 Å². The van der Waals surface area contributed by atoms with Gasteiger partial charge in [0.15, 0.2) is 6.10 Å². The quantitative estimate of drug-likeness (QED) is 0.495. The van der Waals surface area contributed by atoms with E-state index in [1.54, 1.807) is 20.8 Å². The zero-order valence-electron chi connectivity index (χ0n) is 7.99. The van der Waals surface area contributed by atoms with E-state index in [-0.39, 0.29) is 0 Å². The van der Waals surface area contributed by atoms with Crippen LogP contribution in [0.2, 0.25) is 0 Å². The molecule has 0 aromatic carbocycles. The van der Waals surface area contributed by atoms with Crippen molar-refractivity contribution >= 4 is 12.4 Å². The van der Waals surface area contributed by atoms with Crippen molar-refractivity contribution in [2.24, 2.45) is 0 Å². The van der Waals surface area contributed by atoms with Crippen molar-refractivity contribution in [3.05, 3.63) is 12.7 Å². The second kappa shape index (κ2) is 4.64. The van der Waals surface area contributed by atoms with E-state index in [9.17, 15) is 9.59 Å². The van der Waals surface area contributed by atoms with Gasteiger partial charge in [-0.15, -0.1) is 0 Å². The molecule has 0 heterocycles. The fourth-order valence-electron chi connectivity index (χ4n) is 0.498. The summed E-state index contributed by atoms with van der Waals surface area (Å²) in [5.74, 6) is 0. The highest BCUT2D eigenvalue weighted by atomic mass is 16.7. The van der Waals surface area contributed by atoms with Crippen molar-refractivity contribution in [3.8, 4) is 0 Å². The lowest BCUT2D eigenvalue weighted by Gasteiger charge is -2.19. The van der Waals surface area contributed by atoms with Crippen LogP contribution in [0.15, 0.2) is 12.7 Å². The van der Waals surface area contributed by atoms with E-state index < -0.39 is 17.9 Å². The summed E-state index contributed by atoms with van der Waals surface area (Å²) in [6, 6.07) is 0. The number of carbonyl (C=O) groups is 1. The van der Waals surface area contributed by atoms with Gasteiger partial charge in [-0.3, -0.25) is 4.79 Å². The Balaban J connectivity index is 4.00. The van der Waals surface area contributed by atoms with Crippen LogP contribution in [0.25, 0.3) is 0 Å². The zero-order valence-corrected chi connectivity index (χ0v) is 7.99. The fraction of sp³-hybridized carbons (Fsp3) is 0.556. The highest BCUT2D eigenvalue weighted by molar-refractivity contribution is 5.68. The molecule has 1 atom stereocenters. The SMILES string of the molecule is C=CC([C]=O)OC(=O)OC(C)(C)C. The van der Waals surface area contributed by atoms with E-state index >= 15 is 0 Å². The summed E-state index contributed by atoms with van der Waals surface area (Å²) in [5, 5.41) is 0. The van der Waals surface area contributed by atoms with Gasteiger partial charge in [0.1, 0.15) is 5.60 Å². The number of ether oxygens (including phenoxy) is 2. The van der Waals surface area contributed by atoms with Crippen LogP contribution in [0.3, 0.4) is 0 Å². The first-order valence-corrected chi connectivity index (χ1v) is 3.79. The molecule has 0 N–H and O–H groups in total. The Kier molecular flexibility index (Phi) is 4.17. The van der Waals surface area contributed by atoms with Gasteiger partial charge in [0.05, 0.1) is 0 Å². The standard InChI is InChI=1S/C9H13O4/c1-5-7(6-10)12-8(11)13-9(2,3)4/h5,7H,1H2,2-4H3. The maximum Gasteiger partial charge on any atom is 0.509 e. The van der Waals surface area contributed by atoms with Crippen molar-refractivity contribution in [3.63, 3.8) is 0 Å². The molecule has 0 amide bonds. The van der Waals surface area contributed by atoms with Gasteiger partial charge in [-0.25, -0.2) is 4.79 Å². The molecule has 0 saturated carbocycles. The molecule has 1 radical (unpaired) electrons. The van der Waals surface area contributed by atoms with Crippen molar-refractivity contribution in [1.29, 1.82) is 0 Å². The summed E-state index contributed by atoms with van der Waals surface area (Å²) in [5.41, 5.74) is -0.633. The van der Waals surface area contributed by atoms with E-state index in [2.05, 4.69) is 11.3 Å². The van der Waals surface area contributed by atoms with Crippen LogP contribution >= 0.6 is 0 Å². The Bertz CT molecular complexity index is 194. The average molecular weight is 185 g/mol. The van der Waals surface area contributed by atoms with Crippen LogP contribution in [0.4, 0.5) is 4.79 Å². The fourth-order valence-corrected chi connectivity index (χ4v) is 0.498. The van der Waals surface area contributed by atoms with Gasteiger partial charge in [0, 0.05) is 0 Å². The Labute approximate surface area is 77.5 Å². The molecule has 0 fully saturated rings. The smallest absolute Gasteiger partial charge is 0.429 e. The first kappa shape index (κ1) is 11.7. The first-order chi connectivity index (χ1) is 5.89. The molecular weight excluding hydrogens is 172 g/mol. The highest BCUT2D eigenvalue weighted by Crippen LogP contribution is 2.08. The van der Waals surface area contributed by atoms with Crippen LogP contribution in [-0.4, -0.2) is 24.1 Å². The summed E-state index contributed by atoms with van der Waals surface area (Å²) in [7, 11) is 0. The van der Waals surface area contributed by atoms with E-state index in [0.29, 0.717) is 0 Å². The van der Waals surface area contributed by atoms with Gasteiger partial charge >= 0.3 is 6.16 Å². The molecule has 0 bridgehead atoms. The van der Waals surface area contributed by atoms with Gasteiger partial charge in [-0.05, 0) is 26.8 Å². The predicted octanol–water partition coefficient (Wildman–Crippen LogP) is 1.60. The third-order valence-corrected chi connectivity index (χ3v) is 0.943. The second-order valence-electron chi connectivity index (χ2n) is 3.36. The van der Waals surface area contributed by atoms with E-state index in [0.717, 1.165) is 6.08 Å². The Hall–Kier alpha value is -1.32. The van der Waals surface area contributed by atoms with Crippen molar-refractivity contribution in [2.75, 3.05) is 0 Å². The molecule has 0 saturated heterocycles. The number of rotatable bonds is 3. The van der Waals surface area contributed by atoms with E-state index in [1.807, 2.05) is 0 Å². The molecule has 0 aromatic rings. The predicted molar refractivity (Wildman–Crippen MR) is 47.0 cm³/mol. The molecule has 0 rings (SSSR count). The third kappa shape index (κ3) is 5.90. The molecule has 0 aliphatic rings. The molecule has 73 valence electrons. The molecule has 0 aromatic heterocycles. The Morgan fingerprint density at radius 1 is 1.54 bits per heavy atom. The van der Waals surface area contributed by atoms with Crippen LogP contribution in [0.1, 0.15) is 20.8 Å². The van der Waals surface area contributed by atoms with Crippen LogP contribution in [0, 0.1) is 0 Å². The van der Waals surface area contributed by atoms with Gasteiger partial charge < -0.3 is 9.47 Å². The molecule has 0 aliphatic carbocycles. The monoisotopic (exact) mass is 185 g/mol. The summed E-state index contributed by atoms with van der Waals surface area (Å²) in [6.45, 7) is 8.37. The summed E-state index contributed by atoms with van der Waals surface area (Å²) in [4.78, 5) is 21.0. The number of hydrogen-bond acceptors (Lipinski definition) is 4. The molecule has 0 spiro atoms. The summed E-state index contributed by atoms with van der Waals surface area (Å²) >= 11 is 0. The van der Waals surface area contributed by atoms with Gasteiger partial charge in [0.2, 0.25) is 6.29 Å². The summed E-state index contributed by atoms with van der Waals surface area (Å²) in [6.07, 6.45) is 0.678. The minimum atomic E-state index is -1.06. The molecular formula is C9H13O4. The third-order valence-electron chi connectivity index (χ3n) is 0.943. The van der Waals surface area contributed by atoms with Crippen LogP contribution < -0.4 is 0 Å². The lowest BCUT2D eigenvalue weighted by molar-refractivity contribution is -0.00945. The molecule has 13 heavy (non-hydrogen) atoms. The maximum absolute atomic E-state index is 10.9. The Morgan fingerprint density at radius 2 is 2.08 bits per heavy atom. The zero-order chi connectivity index (χ0) is 10.5. The lowest BCUT2D eigenvalue weighted by Crippen LogP contribution is -2.27. The number of hydrogen-bond donors (Lipinski definition) is 0. The second-order valence-corrected chi connectivity index (χ2v) is 3.36. The van der Waals surface area contributed by atoms with E-state index in [1.165, 1.54) is 6.29 Å². The van der Waals surface area contributed by atoms with Crippen molar-refractivity contribution in [2.45, 2.75) is 32.5 Å². The normalized spacial score (nSPS) is 12.8. The van der Waals surface area contributed by atoms with Gasteiger partial charge in [-0.1, -0.05) is 6.58 Å². The average Bonchev–Trinajstić information content (AvgIpc) is 1.96.